The van der Waals surface area contributed by atoms with E-state index in [0.29, 0.717) is 27.4 Å². The largest absolute Gasteiger partial charge is 0.363 e. The van der Waals surface area contributed by atoms with Gasteiger partial charge in [-0.3, -0.25) is 14.7 Å². The van der Waals surface area contributed by atoms with Gasteiger partial charge in [0.15, 0.2) is 5.72 Å². The summed E-state index contributed by atoms with van der Waals surface area (Å²) in [5.41, 5.74) is 1.83. The molecule has 4 nitrogen and oxygen atoms in total. The van der Waals surface area contributed by atoms with Crippen molar-refractivity contribution in [3.05, 3.63) is 97.3 Å². The molecule has 1 unspecified atom stereocenters. The van der Waals surface area contributed by atoms with E-state index in [1.807, 2.05) is 49.4 Å². The summed E-state index contributed by atoms with van der Waals surface area (Å²) in [6, 6.07) is 16.6. The van der Waals surface area contributed by atoms with Gasteiger partial charge in [0.25, 0.3) is 5.91 Å². The second-order valence-electron chi connectivity index (χ2n) is 6.59. The first-order valence-electron chi connectivity index (χ1n) is 8.41. The Kier molecular flexibility index (Phi) is 4.70. The molecule has 3 aromatic rings. The summed E-state index contributed by atoms with van der Waals surface area (Å²) >= 11 is 8.14. The highest BCUT2D eigenvalue weighted by molar-refractivity contribution is 14.1. The van der Waals surface area contributed by atoms with Crippen molar-refractivity contribution < 1.29 is 9.90 Å². The van der Waals surface area contributed by atoms with Crippen molar-refractivity contribution in [2.75, 3.05) is 0 Å². The first-order chi connectivity index (χ1) is 12.9. The quantitative estimate of drug-likeness (QED) is 0.550. The fraction of sp³-hybridized carbons (Fsp3) is 0.143. The van der Waals surface area contributed by atoms with Gasteiger partial charge in [-0.2, -0.15) is 0 Å². The summed E-state index contributed by atoms with van der Waals surface area (Å²) in [7, 11) is 0. The molecule has 0 saturated heterocycles. The van der Waals surface area contributed by atoms with Crippen LogP contribution >= 0.6 is 34.2 Å². The first kappa shape index (κ1) is 18.4. The molecule has 6 heteroatoms. The van der Waals surface area contributed by atoms with Crippen molar-refractivity contribution in [3.8, 4) is 0 Å². The number of hydrogen-bond acceptors (Lipinski definition) is 3. The predicted molar refractivity (Wildman–Crippen MR) is 112 cm³/mol. The number of hydrogen-bond donors (Lipinski definition) is 1. The van der Waals surface area contributed by atoms with Gasteiger partial charge in [0.2, 0.25) is 0 Å². The number of aliphatic hydroxyl groups is 1. The zero-order valence-corrected chi connectivity index (χ0v) is 17.4. The highest BCUT2D eigenvalue weighted by Gasteiger charge is 2.49. The third-order valence-electron chi connectivity index (χ3n) is 4.77. The van der Waals surface area contributed by atoms with Crippen LogP contribution < -0.4 is 0 Å². The number of aryl methyl sites for hydroxylation is 1. The predicted octanol–water partition coefficient (Wildman–Crippen LogP) is 4.50. The average Bonchev–Trinajstić information content (AvgIpc) is 2.86. The number of pyridine rings is 1. The summed E-state index contributed by atoms with van der Waals surface area (Å²) in [5, 5.41) is 12.3. The Labute approximate surface area is 175 Å². The van der Waals surface area contributed by atoms with Gasteiger partial charge in [-0.05, 0) is 59.8 Å². The van der Waals surface area contributed by atoms with Crippen molar-refractivity contribution in [1.29, 1.82) is 0 Å². The second kappa shape index (κ2) is 6.89. The van der Waals surface area contributed by atoms with E-state index in [0.717, 1.165) is 9.13 Å². The van der Waals surface area contributed by atoms with Crippen LogP contribution in [0.5, 0.6) is 0 Å². The number of carbonyl (C=O) groups excluding carboxylic acids is 1. The van der Waals surface area contributed by atoms with Crippen molar-refractivity contribution in [3.63, 3.8) is 0 Å². The lowest BCUT2D eigenvalue weighted by Gasteiger charge is -2.34. The third kappa shape index (κ3) is 3.13. The maximum atomic E-state index is 13.2. The van der Waals surface area contributed by atoms with Gasteiger partial charge in [-0.15, -0.1) is 0 Å². The van der Waals surface area contributed by atoms with E-state index in [-0.39, 0.29) is 12.5 Å². The first-order valence-corrected chi connectivity index (χ1v) is 9.87. The minimum Gasteiger partial charge on any atom is -0.363 e. The third-order valence-corrected chi connectivity index (χ3v) is 5.72. The van der Waals surface area contributed by atoms with Crippen LogP contribution in [0.1, 0.15) is 32.7 Å². The second-order valence-corrected chi connectivity index (χ2v) is 8.27. The fourth-order valence-corrected chi connectivity index (χ4v) is 3.89. The standard InChI is InChI=1S/C21H16ClIN2O2/c1-13-2-9-19-18(10-13)20(26)25(12-17-8-5-15(22)11-24-17)21(19,27)14-3-6-16(23)7-4-14/h2-11,27H,12H2,1H3. The monoisotopic (exact) mass is 490 g/mol. The normalized spacial score (nSPS) is 18.7. The number of halogens is 2. The lowest BCUT2D eigenvalue weighted by molar-refractivity contribution is -0.0547. The van der Waals surface area contributed by atoms with Gasteiger partial charge in [0.05, 0.1) is 17.3 Å². The highest BCUT2D eigenvalue weighted by atomic mass is 127. The molecule has 4 rings (SSSR count). The van der Waals surface area contributed by atoms with E-state index < -0.39 is 5.72 Å². The van der Waals surface area contributed by atoms with E-state index in [9.17, 15) is 9.90 Å². The molecular weight excluding hydrogens is 475 g/mol. The molecule has 0 saturated carbocycles. The summed E-state index contributed by atoms with van der Waals surface area (Å²) in [6.45, 7) is 2.10. The number of fused-ring (bicyclic) bond motifs is 1. The van der Waals surface area contributed by atoms with Crippen LogP contribution in [-0.4, -0.2) is 20.9 Å². The average molecular weight is 491 g/mol. The molecule has 2 aromatic carbocycles. The molecule has 0 fully saturated rings. The zero-order chi connectivity index (χ0) is 19.2. The highest BCUT2D eigenvalue weighted by Crippen LogP contribution is 2.43. The lowest BCUT2D eigenvalue weighted by Crippen LogP contribution is -2.44. The molecule has 1 aliphatic rings. The van der Waals surface area contributed by atoms with E-state index in [1.165, 1.54) is 4.90 Å². The van der Waals surface area contributed by atoms with Crippen molar-refractivity contribution >= 4 is 40.1 Å². The van der Waals surface area contributed by atoms with Gasteiger partial charge in [0, 0.05) is 26.5 Å². The van der Waals surface area contributed by atoms with E-state index in [1.54, 1.807) is 18.3 Å². The molecule has 0 spiro atoms. The Morgan fingerprint density at radius 2 is 1.89 bits per heavy atom. The van der Waals surface area contributed by atoms with Crippen LogP contribution in [0.3, 0.4) is 0 Å². The Morgan fingerprint density at radius 1 is 1.15 bits per heavy atom. The topological polar surface area (TPSA) is 53.4 Å². The summed E-state index contributed by atoms with van der Waals surface area (Å²) in [4.78, 5) is 18.9. The summed E-state index contributed by atoms with van der Waals surface area (Å²) in [6.07, 6.45) is 1.54. The van der Waals surface area contributed by atoms with Gasteiger partial charge in [0.1, 0.15) is 0 Å². The molecule has 27 heavy (non-hydrogen) atoms. The number of carbonyl (C=O) groups is 1. The van der Waals surface area contributed by atoms with Gasteiger partial charge in [-0.25, -0.2) is 0 Å². The van der Waals surface area contributed by atoms with Crippen LogP contribution in [0.25, 0.3) is 0 Å². The number of nitrogens with zero attached hydrogens (tertiary/aromatic N) is 2. The lowest BCUT2D eigenvalue weighted by atomic mass is 9.93. The van der Waals surface area contributed by atoms with Crippen LogP contribution in [0.2, 0.25) is 5.02 Å². The molecular formula is C21H16ClIN2O2. The van der Waals surface area contributed by atoms with Gasteiger partial charge < -0.3 is 5.11 Å². The van der Waals surface area contributed by atoms with Crippen LogP contribution in [0, 0.1) is 10.5 Å². The Morgan fingerprint density at radius 3 is 2.56 bits per heavy atom. The molecule has 1 atom stereocenters. The van der Waals surface area contributed by atoms with Gasteiger partial charge >= 0.3 is 0 Å². The zero-order valence-electron chi connectivity index (χ0n) is 14.5. The maximum Gasteiger partial charge on any atom is 0.257 e. The minimum atomic E-state index is -1.55. The SMILES string of the molecule is Cc1ccc2c(c1)C(=O)N(Cc1ccc(Cl)cn1)C2(O)c1ccc(I)cc1. The smallest absolute Gasteiger partial charge is 0.257 e. The molecule has 136 valence electrons. The fourth-order valence-electron chi connectivity index (χ4n) is 3.42. The molecule has 0 radical (unpaired) electrons. The number of amides is 1. The number of rotatable bonds is 3. The van der Waals surface area contributed by atoms with Crippen LogP contribution in [-0.2, 0) is 12.3 Å². The molecule has 1 aliphatic heterocycles. The van der Waals surface area contributed by atoms with Crippen molar-refractivity contribution in [2.45, 2.75) is 19.2 Å². The Hall–Kier alpha value is -1.96. The number of benzene rings is 2. The molecule has 1 aromatic heterocycles. The van der Waals surface area contributed by atoms with E-state index in [4.69, 9.17) is 11.6 Å². The molecule has 0 bridgehead atoms. The molecule has 0 aliphatic carbocycles. The Balaban J connectivity index is 1.86. The molecule has 1 amide bonds. The molecule has 1 N–H and O–H groups in total. The summed E-state index contributed by atoms with van der Waals surface area (Å²) in [5.74, 6) is -0.216. The van der Waals surface area contributed by atoms with Crippen molar-refractivity contribution in [1.82, 2.24) is 9.88 Å². The van der Waals surface area contributed by atoms with E-state index in [2.05, 4.69) is 27.6 Å². The van der Waals surface area contributed by atoms with Crippen molar-refractivity contribution in [2.24, 2.45) is 0 Å². The van der Waals surface area contributed by atoms with Gasteiger partial charge in [-0.1, -0.05) is 41.4 Å². The number of aromatic nitrogens is 1. The van der Waals surface area contributed by atoms with Crippen LogP contribution in [0.15, 0.2) is 60.8 Å². The van der Waals surface area contributed by atoms with Crippen LogP contribution in [0.4, 0.5) is 0 Å². The Bertz CT molecular complexity index is 1020. The summed E-state index contributed by atoms with van der Waals surface area (Å²) < 4.78 is 1.05. The van der Waals surface area contributed by atoms with E-state index >= 15 is 0 Å². The maximum absolute atomic E-state index is 13.2. The molecule has 2 heterocycles. The minimum absolute atomic E-state index is 0.173.